The van der Waals surface area contributed by atoms with E-state index in [4.69, 9.17) is 0 Å². The molecule has 1 aliphatic heterocycles. The first-order chi connectivity index (χ1) is 9.30. The molecule has 3 atom stereocenters. The molecule has 0 aromatic rings. The number of nitrogens with one attached hydrogen (secondary N) is 1. The first-order valence-electron chi connectivity index (χ1n) is 7.60. The minimum absolute atomic E-state index is 0.205. The molecule has 0 spiro atoms. The number of urea groups is 1. The molecule has 5 heteroatoms. The number of likely N-dealkylation sites (tertiary alicyclic amines) is 1. The van der Waals surface area contributed by atoms with Gasteiger partial charge in [0.05, 0.1) is 0 Å². The SMILES string of the molecule is CC(C)(C)[C@H](NC(=O)N1CCCC2CCCC21)C(=O)O. The lowest BCUT2D eigenvalue weighted by Gasteiger charge is -2.39. The van der Waals surface area contributed by atoms with E-state index in [-0.39, 0.29) is 6.03 Å². The van der Waals surface area contributed by atoms with Gasteiger partial charge in [0.15, 0.2) is 0 Å². The van der Waals surface area contributed by atoms with E-state index in [9.17, 15) is 14.7 Å². The highest BCUT2D eigenvalue weighted by atomic mass is 16.4. The molecule has 2 rings (SSSR count). The van der Waals surface area contributed by atoms with Gasteiger partial charge in [-0.3, -0.25) is 0 Å². The zero-order valence-corrected chi connectivity index (χ0v) is 12.7. The second-order valence-electron chi connectivity index (χ2n) is 7.18. The molecule has 1 saturated carbocycles. The Hall–Kier alpha value is -1.26. The van der Waals surface area contributed by atoms with Crippen LogP contribution in [0.4, 0.5) is 4.79 Å². The number of aliphatic carboxylic acids is 1. The summed E-state index contributed by atoms with van der Waals surface area (Å²) in [5.74, 6) is -0.349. The summed E-state index contributed by atoms with van der Waals surface area (Å²) in [6.07, 6.45) is 5.68. The molecule has 0 radical (unpaired) electrons. The van der Waals surface area contributed by atoms with Gasteiger partial charge in [0.2, 0.25) is 0 Å². The van der Waals surface area contributed by atoms with E-state index in [2.05, 4.69) is 5.32 Å². The molecule has 1 saturated heterocycles. The average molecular weight is 282 g/mol. The van der Waals surface area contributed by atoms with Crippen molar-refractivity contribution in [2.75, 3.05) is 6.54 Å². The summed E-state index contributed by atoms with van der Waals surface area (Å²) in [5.41, 5.74) is -0.494. The van der Waals surface area contributed by atoms with Crippen LogP contribution in [-0.2, 0) is 4.79 Å². The minimum atomic E-state index is -0.967. The maximum absolute atomic E-state index is 12.5. The highest BCUT2D eigenvalue weighted by molar-refractivity contribution is 5.83. The fraction of sp³-hybridized carbons (Fsp3) is 0.867. The van der Waals surface area contributed by atoms with Crippen LogP contribution in [0.25, 0.3) is 0 Å². The number of amides is 2. The molecule has 2 unspecified atom stereocenters. The smallest absolute Gasteiger partial charge is 0.326 e. The molecule has 20 heavy (non-hydrogen) atoms. The Kier molecular flexibility index (Phi) is 4.25. The predicted octanol–water partition coefficient (Wildman–Crippen LogP) is 2.46. The molecule has 2 aliphatic rings. The zero-order valence-electron chi connectivity index (χ0n) is 12.7. The fourth-order valence-electron chi connectivity index (χ4n) is 3.56. The van der Waals surface area contributed by atoms with Gasteiger partial charge in [-0.25, -0.2) is 9.59 Å². The number of carbonyl (C=O) groups is 2. The second kappa shape index (κ2) is 5.62. The van der Waals surface area contributed by atoms with E-state index >= 15 is 0 Å². The normalized spacial score (nSPS) is 27.9. The molecule has 0 aromatic heterocycles. The summed E-state index contributed by atoms with van der Waals surface area (Å²) in [5, 5.41) is 12.0. The summed E-state index contributed by atoms with van der Waals surface area (Å²) in [7, 11) is 0. The van der Waals surface area contributed by atoms with Crippen LogP contribution in [-0.4, -0.2) is 40.6 Å². The highest BCUT2D eigenvalue weighted by Crippen LogP contribution is 2.36. The third kappa shape index (κ3) is 3.07. The van der Waals surface area contributed by atoms with Crippen LogP contribution in [0.1, 0.15) is 52.9 Å². The number of fused-ring (bicyclic) bond motifs is 1. The molecular weight excluding hydrogens is 256 g/mol. The van der Waals surface area contributed by atoms with Crippen molar-refractivity contribution in [1.29, 1.82) is 0 Å². The minimum Gasteiger partial charge on any atom is -0.480 e. The van der Waals surface area contributed by atoms with Crippen molar-refractivity contribution in [2.24, 2.45) is 11.3 Å². The molecule has 1 heterocycles. The standard InChI is InChI=1S/C15H26N2O3/c1-15(2,3)12(13(18)19)16-14(20)17-9-5-7-10-6-4-8-11(10)17/h10-12H,4-9H2,1-3H3,(H,16,20)(H,18,19)/t10?,11?,12-/m1/s1. The van der Waals surface area contributed by atoms with Crippen LogP contribution in [0.15, 0.2) is 0 Å². The van der Waals surface area contributed by atoms with Gasteiger partial charge in [0.25, 0.3) is 0 Å². The number of carbonyl (C=O) groups excluding carboxylic acids is 1. The van der Waals surface area contributed by atoms with Crippen LogP contribution in [0.5, 0.6) is 0 Å². The molecule has 1 aliphatic carbocycles. The highest BCUT2D eigenvalue weighted by Gasteiger charge is 2.40. The number of piperidine rings is 1. The van der Waals surface area contributed by atoms with Crippen molar-refractivity contribution >= 4 is 12.0 Å². The van der Waals surface area contributed by atoms with Gasteiger partial charge in [-0.1, -0.05) is 27.2 Å². The summed E-state index contributed by atoms with van der Waals surface area (Å²) < 4.78 is 0. The lowest BCUT2D eigenvalue weighted by Crippen LogP contribution is -2.57. The van der Waals surface area contributed by atoms with E-state index in [0.717, 1.165) is 19.4 Å². The zero-order chi connectivity index (χ0) is 14.9. The van der Waals surface area contributed by atoms with Crippen LogP contribution < -0.4 is 5.32 Å². The van der Waals surface area contributed by atoms with E-state index in [0.29, 0.717) is 12.0 Å². The van der Waals surface area contributed by atoms with Crippen LogP contribution in [0, 0.1) is 11.3 Å². The summed E-state index contributed by atoms with van der Waals surface area (Å²) in [6.45, 7) is 6.26. The Labute approximate surface area is 120 Å². The lowest BCUT2D eigenvalue weighted by molar-refractivity contribution is -0.142. The fourth-order valence-corrected chi connectivity index (χ4v) is 3.56. The maximum atomic E-state index is 12.5. The van der Waals surface area contributed by atoms with E-state index in [1.807, 2.05) is 25.7 Å². The summed E-state index contributed by atoms with van der Waals surface area (Å²) >= 11 is 0. The Bertz CT molecular complexity index is 389. The van der Waals surface area contributed by atoms with Gasteiger partial charge >= 0.3 is 12.0 Å². The monoisotopic (exact) mass is 282 g/mol. The number of nitrogens with zero attached hydrogens (tertiary/aromatic N) is 1. The molecular formula is C15H26N2O3. The molecule has 114 valence electrons. The number of rotatable bonds is 2. The van der Waals surface area contributed by atoms with Gasteiger partial charge < -0.3 is 15.3 Å². The van der Waals surface area contributed by atoms with Gasteiger partial charge in [-0.05, 0) is 37.0 Å². The van der Waals surface area contributed by atoms with Crippen molar-refractivity contribution in [3.05, 3.63) is 0 Å². The van der Waals surface area contributed by atoms with Crippen molar-refractivity contribution in [3.8, 4) is 0 Å². The van der Waals surface area contributed by atoms with Gasteiger partial charge in [-0.15, -0.1) is 0 Å². The second-order valence-corrected chi connectivity index (χ2v) is 7.18. The molecule has 2 amide bonds. The topological polar surface area (TPSA) is 69.6 Å². The Morgan fingerprint density at radius 3 is 2.45 bits per heavy atom. The quantitative estimate of drug-likeness (QED) is 0.817. The molecule has 0 bridgehead atoms. The third-order valence-electron chi connectivity index (χ3n) is 4.63. The van der Waals surface area contributed by atoms with E-state index < -0.39 is 17.4 Å². The van der Waals surface area contributed by atoms with Crippen molar-refractivity contribution in [2.45, 2.75) is 65.0 Å². The van der Waals surface area contributed by atoms with Gasteiger partial charge in [0.1, 0.15) is 6.04 Å². The molecule has 2 fully saturated rings. The van der Waals surface area contributed by atoms with Gasteiger partial charge in [-0.2, -0.15) is 0 Å². The lowest BCUT2D eigenvalue weighted by atomic mass is 9.86. The predicted molar refractivity (Wildman–Crippen MR) is 76.5 cm³/mol. The number of carboxylic acid groups (broad SMARTS) is 1. The Morgan fingerprint density at radius 1 is 1.20 bits per heavy atom. The van der Waals surface area contributed by atoms with E-state index in [1.54, 1.807) is 0 Å². The van der Waals surface area contributed by atoms with Crippen molar-refractivity contribution in [1.82, 2.24) is 10.2 Å². The molecule has 0 aromatic carbocycles. The Morgan fingerprint density at radius 2 is 1.85 bits per heavy atom. The van der Waals surface area contributed by atoms with Crippen molar-refractivity contribution < 1.29 is 14.7 Å². The third-order valence-corrected chi connectivity index (χ3v) is 4.63. The average Bonchev–Trinajstić information content (AvgIpc) is 2.81. The van der Waals surface area contributed by atoms with Crippen LogP contribution in [0.2, 0.25) is 0 Å². The van der Waals surface area contributed by atoms with Crippen LogP contribution >= 0.6 is 0 Å². The number of carboxylic acids is 1. The molecule has 2 N–H and O–H groups in total. The maximum Gasteiger partial charge on any atom is 0.326 e. The Balaban J connectivity index is 2.05. The van der Waals surface area contributed by atoms with Crippen LogP contribution in [0.3, 0.4) is 0 Å². The summed E-state index contributed by atoms with van der Waals surface area (Å²) in [4.78, 5) is 25.7. The largest absolute Gasteiger partial charge is 0.480 e. The first kappa shape index (κ1) is 15.1. The van der Waals surface area contributed by atoms with Gasteiger partial charge in [0, 0.05) is 12.6 Å². The number of hydrogen-bond donors (Lipinski definition) is 2. The number of hydrogen-bond acceptors (Lipinski definition) is 2. The first-order valence-corrected chi connectivity index (χ1v) is 7.60. The van der Waals surface area contributed by atoms with Crippen molar-refractivity contribution in [3.63, 3.8) is 0 Å². The molecule has 5 nitrogen and oxygen atoms in total. The summed E-state index contributed by atoms with van der Waals surface area (Å²) in [6, 6.07) is -0.737. The van der Waals surface area contributed by atoms with E-state index in [1.165, 1.54) is 19.3 Å².